The van der Waals surface area contributed by atoms with E-state index in [-0.39, 0.29) is 46.2 Å². The first-order chi connectivity index (χ1) is 16.8. The number of carbonyl (C=O) groups excluding carboxylic acids is 2. The van der Waals surface area contributed by atoms with Gasteiger partial charge < -0.3 is 33.4 Å². The summed E-state index contributed by atoms with van der Waals surface area (Å²) in [5.74, 6) is 0.264. The largest absolute Gasteiger partial charge is 0.502 e. The van der Waals surface area contributed by atoms with Crippen LogP contribution in [0, 0.1) is 0 Å². The van der Waals surface area contributed by atoms with Crippen molar-refractivity contribution in [2.24, 2.45) is 0 Å². The van der Waals surface area contributed by atoms with Gasteiger partial charge in [0, 0.05) is 31.7 Å². The molecule has 2 aliphatic rings. The second kappa shape index (κ2) is 10.0. The Balaban J connectivity index is 1.85. The fourth-order valence-electron chi connectivity index (χ4n) is 4.44. The average molecular weight is 487 g/mol. The van der Waals surface area contributed by atoms with Gasteiger partial charge >= 0.3 is 0 Å². The summed E-state index contributed by atoms with van der Waals surface area (Å²) >= 11 is 0. The number of furan rings is 1. The number of rotatable bonds is 8. The highest BCUT2D eigenvalue weighted by atomic mass is 16.5. The van der Waals surface area contributed by atoms with Gasteiger partial charge in [-0.1, -0.05) is 0 Å². The van der Waals surface area contributed by atoms with Gasteiger partial charge in [0.1, 0.15) is 11.5 Å². The Labute approximate surface area is 203 Å². The monoisotopic (exact) mass is 486 g/mol. The summed E-state index contributed by atoms with van der Waals surface area (Å²) in [7, 11) is 7.82. The lowest BCUT2D eigenvalue weighted by Crippen LogP contribution is -2.44. The number of benzene rings is 1. The maximum atomic E-state index is 13.9. The van der Waals surface area contributed by atoms with Crippen molar-refractivity contribution in [2.45, 2.75) is 13.0 Å². The molecule has 0 atom stereocenters. The minimum atomic E-state index is -0.444. The van der Waals surface area contributed by atoms with Crippen LogP contribution in [-0.4, -0.2) is 88.1 Å². The minimum absolute atomic E-state index is 0.0435. The fraction of sp³-hybridized carbons (Fsp3) is 0.440. The molecular weight excluding hydrogens is 456 g/mol. The summed E-state index contributed by atoms with van der Waals surface area (Å²) in [6.45, 7) is 3.61. The van der Waals surface area contributed by atoms with Crippen LogP contribution in [0.2, 0.25) is 0 Å². The molecule has 0 saturated carbocycles. The first kappa shape index (κ1) is 24.6. The highest BCUT2D eigenvalue weighted by Gasteiger charge is 2.38. The van der Waals surface area contributed by atoms with Gasteiger partial charge in [0.15, 0.2) is 34.6 Å². The molecule has 0 spiro atoms. The van der Waals surface area contributed by atoms with Crippen LogP contribution < -0.4 is 14.2 Å². The molecule has 0 radical (unpaired) electrons. The SMILES string of the molecule is COC1=C(O)c2oc(CN3CCN(C)CC3)c(C(=O)c3cc(OC)c(OC)c(OC)c3)c2C(=O)C1. The van der Waals surface area contributed by atoms with Crippen LogP contribution in [0.25, 0.3) is 5.76 Å². The quantitative estimate of drug-likeness (QED) is 0.559. The summed E-state index contributed by atoms with van der Waals surface area (Å²) in [5, 5.41) is 10.7. The molecular formula is C25H30N2O8. The number of hydrogen-bond acceptors (Lipinski definition) is 10. The summed E-state index contributed by atoms with van der Waals surface area (Å²) in [6.07, 6.45) is -0.168. The van der Waals surface area contributed by atoms with E-state index in [1.165, 1.54) is 40.6 Å². The molecule has 2 heterocycles. The predicted molar refractivity (Wildman–Crippen MR) is 127 cm³/mol. The van der Waals surface area contributed by atoms with Crippen molar-refractivity contribution >= 4 is 17.3 Å². The van der Waals surface area contributed by atoms with Crippen LogP contribution in [0.1, 0.15) is 44.2 Å². The molecule has 1 aliphatic carbocycles. The molecule has 35 heavy (non-hydrogen) atoms. The fourth-order valence-corrected chi connectivity index (χ4v) is 4.44. The number of Topliss-reactive ketones (excluding diaryl/α,β-unsaturated/α-hetero) is 1. The van der Waals surface area contributed by atoms with E-state index in [1.54, 1.807) is 0 Å². The van der Waals surface area contributed by atoms with Crippen molar-refractivity contribution in [3.05, 3.63) is 46.1 Å². The number of nitrogens with zero attached hydrogens (tertiary/aromatic N) is 2. The zero-order chi connectivity index (χ0) is 25.3. The third kappa shape index (κ3) is 4.46. The molecule has 1 N–H and O–H groups in total. The van der Waals surface area contributed by atoms with Crippen LogP contribution in [0.3, 0.4) is 0 Å². The molecule has 188 valence electrons. The number of aliphatic hydroxyl groups excluding tert-OH is 1. The number of piperazine rings is 1. The van der Waals surface area contributed by atoms with E-state index in [0.29, 0.717) is 29.6 Å². The maximum absolute atomic E-state index is 13.9. The van der Waals surface area contributed by atoms with Gasteiger partial charge in [0.2, 0.25) is 5.75 Å². The molecule has 2 aromatic rings. The standard InChI is InChI=1S/C25H30N2O8/c1-26-6-8-27(9-7-26)13-19-21(20-15(28)12-16(31-2)23(30)25(20)35-19)22(29)14-10-17(32-3)24(34-5)18(11-14)33-4/h10-11,30H,6-9,12-13H2,1-5H3. The topological polar surface area (TPSA) is 111 Å². The summed E-state index contributed by atoms with van der Waals surface area (Å²) < 4.78 is 27.4. The van der Waals surface area contributed by atoms with Crippen molar-refractivity contribution in [3.63, 3.8) is 0 Å². The van der Waals surface area contributed by atoms with Gasteiger partial charge in [-0.15, -0.1) is 0 Å². The normalized spacial score (nSPS) is 16.8. The molecule has 4 rings (SSSR count). The Morgan fingerprint density at radius 3 is 2.17 bits per heavy atom. The average Bonchev–Trinajstić information content (AvgIpc) is 3.25. The first-order valence-corrected chi connectivity index (χ1v) is 11.2. The number of ketones is 2. The van der Waals surface area contributed by atoms with Crippen molar-refractivity contribution < 1.29 is 38.1 Å². The predicted octanol–water partition coefficient (Wildman–Crippen LogP) is 2.74. The number of aliphatic hydroxyl groups is 1. The number of allylic oxidation sites excluding steroid dienone is 1. The van der Waals surface area contributed by atoms with Crippen LogP contribution in [0.5, 0.6) is 17.2 Å². The molecule has 10 heteroatoms. The van der Waals surface area contributed by atoms with Gasteiger partial charge in [0.25, 0.3) is 0 Å². The third-order valence-electron chi connectivity index (χ3n) is 6.42. The van der Waals surface area contributed by atoms with Crippen LogP contribution in [-0.2, 0) is 11.3 Å². The Kier molecular flexibility index (Phi) is 7.04. The summed E-state index contributed by atoms with van der Waals surface area (Å²) in [6, 6.07) is 3.07. The van der Waals surface area contributed by atoms with Crippen molar-refractivity contribution in [1.82, 2.24) is 9.80 Å². The minimum Gasteiger partial charge on any atom is -0.502 e. The molecule has 1 aromatic heterocycles. The smallest absolute Gasteiger partial charge is 0.203 e. The molecule has 10 nitrogen and oxygen atoms in total. The lowest BCUT2D eigenvalue weighted by molar-refractivity contribution is 0.0951. The molecule has 1 saturated heterocycles. The van der Waals surface area contributed by atoms with E-state index in [4.69, 9.17) is 23.4 Å². The Morgan fingerprint density at radius 2 is 1.63 bits per heavy atom. The lowest BCUT2D eigenvalue weighted by atomic mass is 9.91. The molecule has 0 bridgehead atoms. The maximum Gasteiger partial charge on any atom is 0.203 e. The summed E-state index contributed by atoms with van der Waals surface area (Å²) in [4.78, 5) is 31.4. The van der Waals surface area contributed by atoms with Crippen LogP contribution >= 0.6 is 0 Å². The van der Waals surface area contributed by atoms with Crippen LogP contribution in [0.4, 0.5) is 0 Å². The Hall–Kier alpha value is -3.50. The second-order valence-corrected chi connectivity index (χ2v) is 8.50. The van der Waals surface area contributed by atoms with Crippen molar-refractivity contribution in [1.29, 1.82) is 0 Å². The molecule has 0 amide bonds. The highest BCUT2D eigenvalue weighted by molar-refractivity contribution is 6.19. The third-order valence-corrected chi connectivity index (χ3v) is 6.42. The van der Waals surface area contributed by atoms with E-state index in [9.17, 15) is 14.7 Å². The number of methoxy groups -OCH3 is 4. The van der Waals surface area contributed by atoms with Gasteiger partial charge in [-0.25, -0.2) is 0 Å². The van der Waals surface area contributed by atoms with E-state index in [1.807, 2.05) is 0 Å². The summed E-state index contributed by atoms with van der Waals surface area (Å²) in [5.41, 5.74) is 0.419. The molecule has 1 aliphatic heterocycles. The second-order valence-electron chi connectivity index (χ2n) is 8.50. The zero-order valence-corrected chi connectivity index (χ0v) is 20.6. The van der Waals surface area contributed by atoms with Gasteiger partial charge in [-0.05, 0) is 19.2 Å². The first-order valence-electron chi connectivity index (χ1n) is 11.2. The number of ether oxygens (including phenoxy) is 4. The van der Waals surface area contributed by atoms with Gasteiger partial charge in [0.05, 0.1) is 52.5 Å². The van der Waals surface area contributed by atoms with E-state index >= 15 is 0 Å². The number of hydrogen-bond donors (Lipinski definition) is 1. The van der Waals surface area contributed by atoms with E-state index in [0.717, 1.165) is 26.2 Å². The van der Waals surface area contributed by atoms with E-state index < -0.39 is 5.78 Å². The lowest BCUT2D eigenvalue weighted by Gasteiger charge is -2.31. The van der Waals surface area contributed by atoms with Crippen molar-refractivity contribution in [2.75, 3.05) is 61.7 Å². The number of likely N-dealkylation sites (N-methyl/N-ethyl adjacent to an activating group) is 1. The van der Waals surface area contributed by atoms with Gasteiger partial charge in [-0.2, -0.15) is 0 Å². The Morgan fingerprint density at radius 1 is 1.00 bits per heavy atom. The Bertz CT molecular complexity index is 1150. The highest BCUT2D eigenvalue weighted by Crippen LogP contribution is 2.41. The number of carbonyl (C=O) groups is 2. The zero-order valence-electron chi connectivity index (χ0n) is 20.6. The van der Waals surface area contributed by atoms with E-state index in [2.05, 4.69) is 16.8 Å². The molecule has 1 aromatic carbocycles. The number of fused-ring (bicyclic) bond motifs is 1. The molecule has 1 fully saturated rings. The van der Waals surface area contributed by atoms with Crippen LogP contribution in [0.15, 0.2) is 22.3 Å². The van der Waals surface area contributed by atoms with Crippen molar-refractivity contribution in [3.8, 4) is 17.2 Å². The van der Waals surface area contributed by atoms with Gasteiger partial charge in [-0.3, -0.25) is 14.5 Å². The molecule has 0 unspecified atom stereocenters.